The van der Waals surface area contributed by atoms with Gasteiger partial charge in [0.25, 0.3) is 0 Å². The zero-order chi connectivity index (χ0) is 14.8. The topological polar surface area (TPSA) is 73.8 Å². The predicted molar refractivity (Wildman–Crippen MR) is 81.7 cm³/mol. The van der Waals surface area contributed by atoms with Crippen LogP contribution in [0.25, 0.3) is 0 Å². The van der Waals surface area contributed by atoms with E-state index in [4.69, 9.17) is 0 Å². The van der Waals surface area contributed by atoms with Crippen molar-refractivity contribution in [2.45, 2.75) is 25.7 Å². The maximum atomic E-state index is 4.69. The van der Waals surface area contributed by atoms with Crippen LogP contribution in [0.4, 0.5) is 11.8 Å². The lowest BCUT2D eigenvalue weighted by atomic mass is 9.96. The van der Waals surface area contributed by atoms with E-state index in [9.17, 15) is 0 Å². The Hall–Kier alpha value is -2.18. The van der Waals surface area contributed by atoms with Gasteiger partial charge in [-0.25, -0.2) is 9.97 Å². The molecule has 2 aromatic heterocycles. The first-order chi connectivity index (χ1) is 10.1. The van der Waals surface area contributed by atoms with E-state index < -0.39 is 0 Å². The van der Waals surface area contributed by atoms with E-state index in [2.05, 4.69) is 30.0 Å². The predicted octanol–water partition coefficient (Wildman–Crippen LogP) is 1.35. The highest BCUT2D eigenvalue weighted by Gasteiger charge is 2.24. The van der Waals surface area contributed by atoms with Gasteiger partial charge in [0.15, 0.2) is 0 Å². The van der Waals surface area contributed by atoms with Crippen LogP contribution in [0.3, 0.4) is 0 Å². The number of anilines is 2. The molecule has 21 heavy (non-hydrogen) atoms. The number of H-pyrrole nitrogens is 1. The van der Waals surface area contributed by atoms with Crippen molar-refractivity contribution < 1.29 is 0 Å². The highest BCUT2D eigenvalue weighted by molar-refractivity contribution is 5.48. The second kappa shape index (κ2) is 5.67. The van der Waals surface area contributed by atoms with Crippen molar-refractivity contribution in [2.24, 2.45) is 0 Å². The van der Waals surface area contributed by atoms with Crippen LogP contribution >= 0.6 is 0 Å². The van der Waals surface area contributed by atoms with Gasteiger partial charge < -0.3 is 9.80 Å². The lowest BCUT2D eigenvalue weighted by Gasteiger charge is -2.31. The second-order valence-corrected chi connectivity index (χ2v) is 5.70. The Labute approximate surface area is 124 Å². The van der Waals surface area contributed by atoms with Crippen molar-refractivity contribution in [1.29, 1.82) is 0 Å². The van der Waals surface area contributed by atoms with E-state index in [1.165, 1.54) is 0 Å². The summed E-state index contributed by atoms with van der Waals surface area (Å²) in [5.74, 6) is 3.26. The molecular formula is C14H21N7. The fourth-order valence-corrected chi connectivity index (χ4v) is 2.79. The normalized spacial score (nSPS) is 16.2. The molecule has 0 aliphatic carbocycles. The second-order valence-electron chi connectivity index (χ2n) is 5.70. The first kappa shape index (κ1) is 13.8. The van der Waals surface area contributed by atoms with Gasteiger partial charge in [0.2, 0.25) is 5.95 Å². The van der Waals surface area contributed by atoms with E-state index >= 15 is 0 Å². The maximum absolute atomic E-state index is 4.69. The van der Waals surface area contributed by atoms with E-state index in [-0.39, 0.29) is 0 Å². The summed E-state index contributed by atoms with van der Waals surface area (Å²) < 4.78 is 0. The Morgan fingerprint density at radius 2 is 2.00 bits per heavy atom. The molecule has 112 valence electrons. The van der Waals surface area contributed by atoms with Gasteiger partial charge in [-0.1, -0.05) is 0 Å². The average molecular weight is 287 g/mol. The summed E-state index contributed by atoms with van der Waals surface area (Å²) in [7, 11) is 4.02. The molecule has 1 aliphatic rings. The molecule has 0 aromatic carbocycles. The molecule has 7 heteroatoms. The molecule has 2 aromatic rings. The maximum Gasteiger partial charge on any atom is 0.227 e. The molecule has 7 nitrogen and oxygen atoms in total. The summed E-state index contributed by atoms with van der Waals surface area (Å²) >= 11 is 0. The molecule has 0 bridgehead atoms. The molecular weight excluding hydrogens is 266 g/mol. The standard InChI is InChI=1S/C14H21N7/c1-10-8-15-14(18-13(10)20(2)3)21-6-4-11(5-7-21)12-16-9-17-19-12/h8-9,11H,4-7H2,1-3H3,(H,16,17,19). The summed E-state index contributed by atoms with van der Waals surface area (Å²) in [6, 6.07) is 0. The highest BCUT2D eigenvalue weighted by Crippen LogP contribution is 2.27. The molecule has 0 saturated carbocycles. The summed E-state index contributed by atoms with van der Waals surface area (Å²) in [5.41, 5.74) is 1.10. The fourth-order valence-electron chi connectivity index (χ4n) is 2.79. The summed E-state index contributed by atoms with van der Waals surface area (Å²) in [5, 5.41) is 6.91. The Kier molecular flexibility index (Phi) is 3.72. The van der Waals surface area contributed by atoms with Gasteiger partial charge in [-0.05, 0) is 19.8 Å². The van der Waals surface area contributed by atoms with Gasteiger partial charge in [-0.15, -0.1) is 0 Å². The lowest BCUT2D eigenvalue weighted by molar-refractivity contribution is 0.481. The first-order valence-corrected chi connectivity index (χ1v) is 7.26. The number of nitrogens with zero attached hydrogens (tertiary/aromatic N) is 6. The van der Waals surface area contributed by atoms with Crippen LogP contribution in [0.15, 0.2) is 12.5 Å². The smallest absolute Gasteiger partial charge is 0.227 e. The number of hydrogen-bond donors (Lipinski definition) is 1. The van der Waals surface area contributed by atoms with Gasteiger partial charge >= 0.3 is 0 Å². The molecule has 0 radical (unpaired) electrons. The van der Waals surface area contributed by atoms with Crippen LogP contribution in [0.2, 0.25) is 0 Å². The fraction of sp³-hybridized carbons (Fsp3) is 0.571. The number of nitrogens with one attached hydrogen (secondary N) is 1. The summed E-state index contributed by atoms with van der Waals surface area (Å²) in [6.45, 7) is 3.93. The first-order valence-electron chi connectivity index (χ1n) is 7.26. The van der Waals surface area contributed by atoms with E-state index in [0.717, 1.165) is 49.1 Å². The molecule has 0 amide bonds. The minimum atomic E-state index is 0.461. The van der Waals surface area contributed by atoms with Crippen molar-refractivity contribution in [2.75, 3.05) is 37.0 Å². The van der Waals surface area contributed by atoms with Crippen LogP contribution in [0, 0.1) is 6.92 Å². The van der Waals surface area contributed by atoms with Crippen LogP contribution in [0.5, 0.6) is 0 Å². The molecule has 1 N–H and O–H groups in total. The lowest BCUT2D eigenvalue weighted by Crippen LogP contribution is -2.34. The third-order valence-corrected chi connectivity index (χ3v) is 3.95. The largest absolute Gasteiger partial charge is 0.362 e. The van der Waals surface area contributed by atoms with E-state index in [0.29, 0.717) is 5.92 Å². The molecule has 0 atom stereocenters. The molecule has 0 unspecified atom stereocenters. The number of aromatic amines is 1. The van der Waals surface area contributed by atoms with Crippen LogP contribution in [-0.2, 0) is 0 Å². The van der Waals surface area contributed by atoms with E-state index in [1.54, 1.807) is 6.33 Å². The van der Waals surface area contributed by atoms with Gasteiger partial charge in [0, 0.05) is 44.9 Å². The molecule has 1 saturated heterocycles. The number of aromatic nitrogens is 5. The Morgan fingerprint density at radius 1 is 1.24 bits per heavy atom. The Balaban J connectivity index is 1.71. The van der Waals surface area contributed by atoms with Crippen molar-refractivity contribution in [3.8, 4) is 0 Å². The number of aryl methyl sites for hydroxylation is 1. The molecule has 1 aliphatic heterocycles. The minimum absolute atomic E-state index is 0.461. The highest BCUT2D eigenvalue weighted by atomic mass is 15.3. The van der Waals surface area contributed by atoms with Crippen molar-refractivity contribution in [3.05, 3.63) is 23.9 Å². The van der Waals surface area contributed by atoms with Crippen LogP contribution in [-0.4, -0.2) is 52.3 Å². The molecule has 0 spiro atoms. The zero-order valence-electron chi connectivity index (χ0n) is 12.7. The third-order valence-electron chi connectivity index (χ3n) is 3.95. The molecule has 3 heterocycles. The van der Waals surface area contributed by atoms with Crippen molar-refractivity contribution in [1.82, 2.24) is 25.1 Å². The van der Waals surface area contributed by atoms with E-state index in [1.807, 2.05) is 32.1 Å². The Bertz CT molecular complexity index is 585. The summed E-state index contributed by atoms with van der Waals surface area (Å²) in [6.07, 6.45) is 5.57. The number of rotatable bonds is 3. The minimum Gasteiger partial charge on any atom is -0.362 e. The van der Waals surface area contributed by atoms with Crippen molar-refractivity contribution in [3.63, 3.8) is 0 Å². The quantitative estimate of drug-likeness (QED) is 0.918. The number of piperidine rings is 1. The Morgan fingerprint density at radius 3 is 2.62 bits per heavy atom. The molecule has 3 rings (SSSR count). The average Bonchev–Trinajstić information content (AvgIpc) is 3.02. The van der Waals surface area contributed by atoms with Crippen LogP contribution < -0.4 is 9.80 Å². The zero-order valence-corrected chi connectivity index (χ0v) is 12.7. The molecule has 1 fully saturated rings. The van der Waals surface area contributed by atoms with Crippen LogP contribution in [0.1, 0.15) is 30.1 Å². The van der Waals surface area contributed by atoms with Gasteiger partial charge in [0.1, 0.15) is 18.0 Å². The van der Waals surface area contributed by atoms with Crippen molar-refractivity contribution >= 4 is 11.8 Å². The van der Waals surface area contributed by atoms with Gasteiger partial charge in [-0.3, -0.25) is 5.10 Å². The van der Waals surface area contributed by atoms with Gasteiger partial charge in [0.05, 0.1) is 0 Å². The third kappa shape index (κ3) is 2.81. The summed E-state index contributed by atoms with van der Waals surface area (Å²) in [4.78, 5) is 17.7. The van der Waals surface area contributed by atoms with Gasteiger partial charge in [-0.2, -0.15) is 10.1 Å². The SMILES string of the molecule is Cc1cnc(N2CCC(c3ncn[nH]3)CC2)nc1N(C)C. The number of hydrogen-bond acceptors (Lipinski definition) is 6. The monoisotopic (exact) mass is 287 g/mol.